The summed E-state index contributed by atoms with van der Waals surface area (Å²) in [6.45, 7) is 2.67. The maximum absolute atomic E-state index is 13.9. The molecule has 1 fully saturated rings. The molecule has 0 aliphatic heterocycles. The van der Waals surface area contributed by atoms with Crippen molar-refractivity contribution in [3.05, 3.63) is 29.6 Å². The third-order valence-corrected chi connectivity index (χ3v) is 3.99. The molecule has 1 aromatic carbocycles. The van der Waals surface area contributed by atoms with Crippen molar-refractivity contribution < 1.29 is 9.18 Å². The Kier molecular flexibility index (Phi) is 4.99. The minimum Gasteiger partial charge on any atom is -0.382 e. The number of halogens is 1. The highest BCUT2D eigenvalue weighted by Gasteiger charge is 2.26. The number of para-hydroxylation sites is 1. The second-order valence-electron chi connectivity index (χ2n) is 5.44. The molecule has 110 valence electrons. The molecule has 0 unspecified atom stereocenters. The average molecular weight is 278 g/mol. The van der Waals surface area contributed by atoms with Crippen LogP contribution in [0.2, 0.25) is 0 Å². The monoisotopic (exact) mass is 278 g/mol. The van der Waals surface area contributed by atoms with Crippen LogP contribution in [0.15, 0.2) is 18.2 Å². The van der Waals surface area contributed by atoms with Gasteiger partial charge in [-0.2, -0.15) is 0 Å². The van der Waals surface area contributed by atoms with E-state index >= 15 is 0 Å². The molecular weight excluding hydrogens is 255 g/mol. The molecule has 0 spiro atoms. The number of nitrogens with zero attached hydrogens (tertiary/aromatic N) is 1. The van der Waals surface area contributed by atoms with Crippen molar-refractivity contribution in [1.82, 2.24) is 4.90 Å². The normalized spacial score (nSPS) is 15.3. The zero-order valence-corrected chi connectivity index (χ0v) is 12.3. The number of anilines is 1. The first kappa shape index (κ1) is 14.8. The Bertz CT molecular complexity index is 470. The van der Waals surface area contributed by atoms with E-state index in [1.165, 1.54) is 18.9 Å². The van der Waals surface area contributed by atoms with Crippen molar-refractivity contribution in [3.63, 3.8) is 0 Å². The standard InChI is InChI=1S/C16H23FN2O/c1-3-11-18-15-13(9-6-10-14(15)17)16(20)19(2)12-7-4-5-8-12/h6,9-10,12,18H,3-5,7-8,11H2,1-2H3. The molecule has 1 aliphatic rings. The molecule has 0 heterocycles. The first-order chi connectivity index (χ1) is 9.65. The molecule has 1 amide bonds. The van der Waals surface area contributed by atoms with Crippen LogP contribution in [0.3, 0.4) is 0 Å². The molecule has 20 heavy (non-hydrogen) atoms. The summed E-state index contributed by atoms with van der Waals surface area (Å²) in [6.07, 6.45) is 5.34. The van der Waals surface area contributed by atoms with Crippen LogP contribution in [0, 0.1) is 5.82 Å². The quantitative estimate of drug-likeness (QED) is 0.891. The van der Waals surface area contributed by atoms with E-state index in [1.807, 2.05) is 14.0 Å². The topological polar surface area (TPSA) is 32.3 Å². The highest BCUT2D eigenvalue weighted by Crippen LogP contribution is 2.26. The van der Waals surface area contributed by atoms with Gasteiger partial charge in [-0.1, -0.05) is 25.8 Å². The largest absolute Gasteiger partial charge is 0.382 e. The predicted octanol–water partition coefficient (Wildman–Crippen LogP) is 3.66. The van der Waals surface area contributed by atoms with Crippen molar-refractivity contribution in [2.45, 2.75) is 45.1 Å². The summed E-state index contributed by atoms with van der Waals surface area (Å²) in [6, 6.07) is 4.99. The maximum Gasteiger partial charge on any atom is 0.256 e. The fourth-order valence-corrected chi connectivity index (χ4v) is 2.78. The third-order valence-electron chi connectivity index (χ3n) is 3.99. The van der Waals surface area contributed by atoms with Crippen LogP contribution in [0.1, 0.15) is 49.4 Å². The van der Waals surface area contributed by atoms with E-state index in [1.54, 1.807) is 17.0 Å². The van der Waals surface area contributed by atoms with Crippen LogP contribution in [-0.2, 0) is 0 Å². The molecule has 0 radical (unpaired) electrons. The molecule has 3 nitrogen and oxygen atoms in total. The van der Waals surface area contributed by atoms with Gasteiger partial charge in [0.15, 0.2) is 0 Å². The first-order valence-corrected chi connectivity index (χ1v) is 7.44. The lowest BCUT2D eigenvalue weighted by Crippen LogP contribution is -2.35. The van der Waals surface area contributed by atoms with E-state index in [0.717, 1.165) is 19.3 Å². The van der Waals surface area contributed by atoms with Crippen molar-refractivity contribution >= 4 is 11.6 Å². The number of hydrogen-bond donors (Lipinski definition) is 1. The number of amides is 1. The Hall–Kier alpha value is -1.58. The van der Waals surface area contributed by atoms with Gasteiger partial charge in [-0.3, -0.25) is 4.79 Å². The van der Waals surface area contributed by atoms with Gasteiger partial charge in [0.05, 0.1) is 11.3 Å². The summed E-state index contributed by atoms with van der Waals surface area (Å²) in [5.74, 6) is -0.445. The summed E-state index contributed by atoms with van der Waals surface area (Å²) in [4.78, 5) is 14.4. The van der Waals surface area contributed by atoms with E-state index < -0.39 is 0 Å². The SMILES string of the molecule is CCCNc1c(F)cccc1C(=O)N(C)C1CCCC1. The summed E-state index contributed by atoms with van der Waals surface area (Å²) < 4.78 is 13.9. The molecule has 1 aliphatic carbocycles. The zero-order chi connectivity index (χ0) is 14.5. The lowest BCUT2D eigenvalue weighted by molar-refractivity contribution is 0.0735. The average Bonchev–Trinajstić information content (AvgIpc) is 2.98. The predicted molar refractivity (Wildman–Crippen MR) is 79.5 cm³/mol. The van der Waals surface area contributed by atoms with E-state index in [-0.39, 0.29) is 11.7 Å². The molecule has 1 saturated carbocycles. The van der Waals surface area contributed by atoms with Gasteiger partial charge in [-0.25, -0.2) is 4.39 Å². The van der Waals surface area contributed by atoms with Crippen molar-refractivity contribution in [1.29, 1.82) is 0 Å². The number of hydrogen-bond acceptors (Lipinski definition) is 2. The summed E-state index contributed by atoms with van der Waals surface area (Å²) in [5.41, 5.74) is 0.775. The van der Waals surface area contributed by atoms with Crippen molar-refractivity contribution in [2.75, 3.05) is 18.9 Å². The van der Waals surface area contributed by atoms with Gasteiger partial charge in [0, 0.05) is 19.6 Å². The van der Waals surface area contributed by atoms with Crippen LogP contribution in [-0.4, -0.2) is 30.4 Å². The van der Waals surface area contributed by atoms with Crippen LogP contribution >= 0.6 is 0 Å². The maximum atomic E-state index is 13.9. The molecule has 0 saturated heterocycles. The number of benzene rings is 1. The van der Waals surface area contributed by atoms with Crippen LogP contribution < -0.4 is 5.32 Å². The van der Waals surface area contributed by atoms with Gasteiger partial charge in [-0.15, -0.1) is 0 Å². The lowest BCUT2D eigenvalue weighted by Gasteiger charge is -2.25. The molecule has 1 N–H and O–H groups in total. The minimum atomic E-state index is -0.357. The number of carbonyl (C=O) groups excluding carboxylic acids is 1. The second-order valence-corrected chi connectivity index (χ2v) is 5.44. The fourth-order valence-electron chi connectivity index (χ4n) is 2.78. The van der Waals surface area contributed by atoms with Crippen LogP contribution in [0.4, 0.5) is 10.1 Å². The summed E-state index contributed by atoms with van der Waals surface area (Å²) in [7, 11) is 1.83. The van der Waals surface area contributed by atoms with Gasteiger partial charge < -0.3 is 10.2 Å². The van der Waals surface area contributed by atoms with Crippen LogP contribution in [0.5, 0.6) is 0 Å². The molecule has 0 aromatic heterocycles. The van der Waals surface area contributed by atoms with Crippen LogP contribution in [0.25, 0.3) is 0 Å². The summed E-state index contributed by atoms with van der Waals surface area (Å²) >= 11 is 0. The smallest absolute Gasteiger partial charge is 0.256 e. The van der Waals surface area contributed by atoms with Gasteiger partial charge in [-0.05, 0) is 31.4 Å². The van der Waals surface area contributed by atoms with Gasteiger partial charge in [0.1, 0.15) is 5.82 Å². The zero-order valence-electron chi connectivity index (χ0n) is 12.3. The Morgan fingerprint density at radius 3 is 2.75 bits per heavy atom. The Morgan fingerprint density at radius 2 is 2.10 bits per heavy atom. The van der Waals surface area contributed by atoms with Gasteiger partial charge >= 0.3 is 0 Å². The van der Waals surface area contributed by atoms with Crippen molar-refractivity contribution in [2.24, 2.45) is 0 Å². The molecule has 1 aromatic rings. The Labute approximate surface area is 120 Å². The van der Waals surface area contributed by atoms with E-state index in [2.05, 4.69) is 5.32 Å². The molecular formula is C16H23FN2O. The Balaban J connectivity index is 2.21. The summed E-state index contributed by atoms with van der Waals surface area (Å²) in [5, 5.41) is 3.04. The number of carbonyl (C=O) groups is 1. The second kappa shape index (κ2) is 6.73. The molecule has 2 rings (SSSR count). The van der Waals surface area contributed by atoms with Crippen molar-refractivity contribution in [3.8, 4) is 0 Å². The number of rotatable bonds is 5. The minimum absolute atomic E-state index is 0.0880. The molecule has 0 bridgehead atoms. The third kappa shape index (κ3) is 3.11. The molecule has 4 heteroatoms. The van der Waals surface area contributed by atoms with E-state index in [4.69, 9.17) is 0 Å². The van der Waals surface area contributed by atoms with Gasteiger partial charge in [0.25, 0.3) is 5.91 Å². The highest BCUT2D eigenvalue weighted by atomic mass is 19.1. The highest BCUT2D eigenvalue weighted by molar-refractivity contribution is 5.99. The van der Waals surface area contributed by atoms with E-state index in [9.17, 15) is 9.18 Å². The lowest BCUT2D eigenvalue weighted by atomic mass is 10.1. The first-order valence-electron chi connectivity index (χ1n) is 7.44. The Morgan fingerprint density at radius 1 is 1.40 bits per heavy atom. The fraction of sp³-hybridized carbons (Fsp3) is 0.562. The van der Waals surface area contributed by atoms with Gasteiger partial charge in [0.2, 0.25) is 0 Å². The van der Waals surface area contributed by atoms with E-state index in [0.29, 0.717) is 23.8 Å². The molecule has 0 atom stereocenters. The number of nitrogens with one attached hydrogen (secondary N) is 1.